The summed E-state index contributed by atoms with van der Waals surface area (Å²) in [6, 6.07) is 16.2. The third-order valence-electron chi connectivity index (χ3n) is 4.67. The van der Waals surface area contributed by atoms with Gasteiger partial charge in [0.15, 0.2) is 5.13 Å². The molecule has 1 aliphatic heterocycles. The van der Waals surface area contributed by atoms with Crippen molar-refractivity contribution in [2.75, 3.05) is 22.5 Å². The minimum absolute atomic E-state index is 0.0381. The van der Waals surface area contributed by atoms with Gasteiger partial charge in [-0.3, -0.25) is 9.59 Å². The predicted molar refractivity (Wildman–Crippen MR) is 119 cm³/mol. The predicted octanol–water partition coefficient (Wildman–Crippen LogP) is 4.51. The van der Waals surface area contributed by atoms with E-state index < -0.39 is 0 Å². The number of benzene rings is 2. The van der Waals surface area contributed by atoms with Gasteiger partial charge >= 0.3 is 0 Å². The summed E-state index contributed by atoms with van der Waals surface area (Å²) in [6.07, 6.45) is 2.84. The second-order valence-electron chi connectivity index (χ2n) is 6.89. The van der Waals surface area contributed by atoms with Crippen molar-refractivity contribution in [3.05, 3.63) is 70.7 Å². The Balaban J connectivity index is 1.33. The molecule has 0 fully saturated rings. The molecule has 0 spiro atoms. The Bertz CT molecular complexity index is 1030. The van der Waals surface area contributed by atoms with Crippen LogP contribution in [0.2, 0.25) is 0 Å². The van der Waals surface area contributed by atoms with Crippen molar-refractivity contribution in [3.63, 3.8) is 0 Å². The van der Waals surface area contributed by atoms with E-state index in [0.29, 0.717) is 17.4 Å². The maximum atomic E-state index is 12.4. The highest BCUT2D eigenvalue weighted by Gasteiger charge is 2.24. The number of fused-ring (bicyclic) bond motifs is 1. The molecule has 0 radical (unpaired) electrons. The number of para-hydroxylation sites is 1. The van der Waals surface area contributed by atoms with Crippen LogP contribution in [-0.4, -0.2) is 29.1 Å². The summed E-state index contributed by atoms with van der Waals surface area (Å²) < 4.78 is 0. The van der Waals surface area contributed by atoms with E-state index in [1.165, 1.54) is 22.5 Å². The maximum absolute atomic E-state index is 12.4. The van der Waals surface area contributed by atoms with E-state index in [1.807, 2.05) is 30.5 Å². The lowest BCUT2D eigenvalue weighted by atomic mass is 10.1. The molecule has 2 aromatic carbocycles. The zero-order valence-electron chi connectivity index (χ0n) is 16.1. The fourth-order valence-corrected chi connectivity index (χ4v) is 4.95. The number of carbonyl (C=O) groups excluding carboxylic acids is 2. The molecule has 4 rings (SSSR count). The molecule has 1 aliphatic rings. The number of carbonyl (C=O) groups is 2. The lowest BCUT2D eigenvalue weighted by Crippen LogP contribution is -2.37. The molecule has 1 aromatic heterocycles. The molecule has 148 valence electrons. The Kier molecular flexibility index (Phi) is 5.97. The number of rotatable bonds is 6. The standard InChI is InChI=1S/C22H21N3O2S2/c1-15-6-8-16(9-7-15)12-17-13-23-22(29-17)24-20(26)10-11-25-18-4-2-3-5-19(18)28-14-21(25)27/h2-9,13H,10-12,14H2,1H3,(H,23,24,26). The molecule has 29 heavy (non-hydrogen) atoms. The van der Waals surface area contributed by atoms with Crippen LogP contribution in [-0.2, 0) is 16.0 Å². The normalized spacial score (nSPS) is 13.3. The monoisotopic (exact) mass is 423 g/mol. The van der Waals surface area contributed by atoms with E-state index in [0.717, 1.165) is 21.9 Å². The van der Waals surface area contributed by atoms with E-state index in [9.17, 15) is 9.59 Å². The fraction of sp³-hybridized carbons (Fsp3) is 0.227. The largest absolute Gasteiger partial charge is 0.310 e. The molecule has 3 aromatic rings. The number of nitrogens with one attached hydrogen (secondary N) is 1. The van der Waals surface area contributed by atoms with Crippen molar-refractivity contribution in [3.8, 4) is 0 Å². The van der Waals surface area contributed by atoms with E-state index in [4.69, 9.17) is 0 Å². The van der Waals surface area contributed by atoms with Crippen molar-refractivity contribution in [1.29, 1.82) is 0 Å². The summed E-state index contributed by atoms with van der Waals surface area (Å²) in [5, 5.41) is 3.46. The number of amides is 2. The zero-order chi connectivity index (χ0) is 20.2. The van der Waals surface area contributed by atoms with Gasteiger partial charge in [-0.25, -0.2) is 4.98 Å². The van der Waals surface area contributed by atoms with Crippen molar-refractivity contribution in [2.24, 2.45) is 0 Å². The maximum Gasteiger partial charge on any atom is 0.237 e. The van der Waals surface area contributed by atoms with Crippen LogP contribution in [0.15, 0.2) is 59.6 Å². The summed E-state index contributed by atoms with van der Waals surface area (Å²) in [7, 11) is 0. The van der Waals surface area contributed by atoms with Gasteiger partial charge in [0.05, 0.1) is 11.4 Å². The first-order valence-electron chi connectivity index (χ1n) is 9.41. The quantitative estimate of drug-likeness (QED) is 0.634. The van der Waals surface area contributed by atoms with Crippen LogP contribution in [0.3, 0.4) is 0 Å². The number of aryl methyl sites for hydroxylation is 1. The molecule has 1 N–H and O–H groups in total. The van der Waals surface area contributed by atoms with Gasteiger partial charge in [0.25, 0.3) is 0 Å². The Morgan fingerprint density at radius 2 is 1.97 bits per heavy atom. The summed E-state index contributed by atoms with van der Waals surface area (Å²) >= 11 is 3.03. The van der Waals surface area contributed by atoms with E-state index in [2.05, 4.69) is 41.5 Å². The number of aromatic nitrogens is 1. The van der Waals surface area contributed by atoms with Gasteiger partial charge in [-0.2, -0.15) is 0 Å². The van der Waals surface area contributed by atoms with Gasteiger partial charge < -0.3 is 10.2 Å². The number of thioether (sulfide) groups is 1. The van der Waals surface area contributed by atoms with Gasteiger partial charge in [0.1, 0.15) is 0 Å². The fourth-order valence-electron chi connectivity index (χ4n) is 3.15. The van der Waals surface area contributed by atoms with Crippen LogP contribution in [0.4, 0.5) is 10.8 Å². The molecule has 0 saturated carbocycles. The molecule has 2 amide bonds. The second kappa shape index (κ2) is 8.80. The van der Waals surface area contributed by atoms with Crippen molar-refractivity contribution in [1.82, 2.24) is 4.98 Å². The molecule has 7 heteroatoms. The molecule has 0 unspecified atom stereocenters. The Hall–Kier alpha value is -2.64. The van der Waals surface area contributed by atoms with Crippen molar-refractivity contribution in [2.45, 2.75) is 24.7 Å². The van der Waals surface area contributed by atoms with Crippen LogP contribution in [0.5, 0.6) is 0 Å². The van der Waals surface area contributed by atoms with Crippen molar-refractivity contribution < 1.29 is 9.59 Å². The topological polar surface area (TPSA) is 62.3 Å². The highest BCUT2D eigenvalue weighted by atomic mass is 32.2. The lowest BCUT2D eigenvalue weighted by Gasteiger charge is -2.28. The molecule has 0 bridgehead atoms. The minimum atomic E-state index is -0.134. The molecular formula is C22H21N3O2S2. The average Bonchev–Trinajstić information content (AvgIpc) is 3.15. The highest BCUT2D eigenvalue weighted by Crippen LogP contribution is 2.34. The van der Waals surface area contributed by atoms with Gasteiger partial charge in [0, 0.05) is 35.4 Å². The molecule has 0 atom stereocenters. The summed E-state index contributed by atoms with van der Waals surface area (Å²) in [6.45, 7) is 2.43. The Labute approximate surface area is 178 Å². The molecular weight excluding hydrogens is 402 g/mol. The first-order valence-corrected chi connectivity index (χ1v) is 11.2. The molecule has 0 aliphatic carbocycles. The lowest BCUT2D eigenvalue weighted by molar-refractivity contribution is -0.117. The van der Waals surface area contributed by atoms with E-state index in [1.54, 1.807) is 16.7 Å². The van der Waals surface area contributed by atoms with Gasteiger partial charge in [-0.05, 0) is 24.6 Å². The van der Waals surface area contributed by atoms with Crippen LogP contribution in [0.25, 0.3) is 0 Å². The molecule has 0 saturated heterocycles. The number of thiazole rings is 1. The number of hydrogen-bond donors (Lipinski definition) is 1. The highest BCUT2D eigenvalue weighted by molar-refractivity contribution is 8.00. The van der Waals surface area contributed by atoms with Crippen LogP contribution in [0.1, 0.15) is 22.4 Å². The van der Waals surface area contributed by atoms with Gasteiger partial charge in [0.2, 0.25) is 11.8 Å². The van der Waals surface area contributed by atoms with E-state index in [-0.39, 0.29) is 18.2 Å². The van der Waals surface area contributed by atoms with Gasteiger partial charge in [-0.15, -0.1) is 23.1 Å². The Morgan fingerprint density at radius 1 is 1.17 bits per heavy atom. The SMILES string of the molecule is Cc1ccc(Cc2cnc(NC(=O)CCN3C(=O)CSc4ccccc43)s2)cc1. The number of anilines is 2. The first-order chi connectivity index (χ1) is 14.1. The average molecular weight is 424 g/mol. The third-order valence-corrected chi connectivity index (χ3v) is 6.63. The van der Waals surface area contributed by atoms with Crippen LogP contribution < -0.4 is 10.2 Å². The zero-order valence-corrected chi connectivity index (χ0v) is 17.7. The van der Waals surface area contributed by atoms with Crippen LogP contribution >= 0.6 is 23.1 Å². The molecule has 2 heterocycles. The second-order valence-corrected chi connectivity index (χ2v) is 9.03. The van der Waals surface area contributed by atoms with E-state index >= 15 is 0 Å². The number of hydrogen-bond acceptors (Lipinski definition) is 5. The Morgan fingerprint density at radius 3 is 2.79 bits per heavy atom. The smallest absolute Gasteiger partial charge is 0.237 e. The minimum Gasteiger partial charge on any atom is -0.310 e. The molecule has 5 nitrogen and oxygen atoms in total. The summed E-state index contributed by atoms with van der Waals surface area (Å²) in [5.41, 5.74) is 3.34. The summed E-state index contributed by atoms with van der Waals surface area (Å²) in [4.78, 5) is 32.9. The number of nitrogens with zero attached hydrogens (tertiary/aromatic N) is 2. The van der Waals surface area contributed by atoms with Gasteiger partial charge in [-0.1, -0.05) is 42.0 Å². The van der Waals surface area contributed by atoms with Crippen molar-refractivity contribution >= 4 is 45.7 Å². The third kappa shape index (κ3) is 4.86. The summed E-state index contributed by atoms with van der Waals surface area (Å²) in [5.74, 6) is 0.314. The van der Waals surface area contributed by atoms with Crippen LogP contribution in [0, 0.1) is 6.92 Å². The first kappa shape index (κ1) is 19.7.